The number of likely N-dealkylation sites (tertiary alicyclic amines) is 1. The number of nitrogens with zero attached hydrogens (tertiary/aromatic N) is 1. The fourth-order valence-corrected chi connectivity index (χ4v) is 4.62. The second kappa shape index (κ2) is 7.52. The summed E-state index contributed by atoms with van der Waals surface area (Å²) >= 11 is 0. The van der Waals surface area contributed by atoms with Crippen LogP contribution in [-0.4, -0.2) is 31.0 Å². The predicted octanol–water partition coefficient (Wildman–Crippen LogP) is 4.28. The molecule has 0 spiro atoms. The Labute approximate surface area is 135 Å². The van der Waals surface area contributed by atoms with Crippen LogP contribution < -0.4 is 0 Å². The molecule has 1 aliphatic heterocycles. The Hall–Kier alpha value is -0.990. The number of allylic oxidation sites excluding steroid dienone is 2. The normalized spacial score (nSPS) is 25.4. The van der Waals surface area contributed by atoms with Crippen LogP contribution in [0.5, 0.6) is 0 Å². The molecule has 3 aliphatic rings. The van der Waals surface area contributed by atoms with Crippen LogP contribution in [0.15, 0.2) is 11.3 Å². The Morgan fingerprint density at radius 3 is 2.32 bits per heavy atom. The van der Waals surface area contributed by atoms with E-state index >= 15 is 0 Å². The van der Waals surface area contributed by atoms with Crippen molar-refractivity contribution in [2.24, 2.45) is 11.8 Å². The van der Waals surface area contributed by atoms with E-state index in [1.807, 2.05) is 7.11 Å². The lowest BCUT2D eigenvalue weighted by Crippen LogP contribution is -2.42. The first kappa shape index (κ1) is 15.9. The Bertz CT molecular complexity index is 415. The van der Waals surface area contributed by atoms with Crippen LogP contribution in [-0.2, 0) is 9.53 Å². The molecule has 0 radical (unpaired) electrons. The van der Waals surface area contributed by atoms with Crippen molar-refractivity contribution in [1.82, 2.24) is 4.90 Å². The number of hydrogen-bond donors (Lipinski definition) is 0. The average molecular weight is 305 g/mol. The lowest BCUT2D eigenvalue weighted by molar-refractivity contribution is -0.137. The van der Waals surface area contributed by atoms with Gasteiger partial charge in [0.1, 0.15) is 0 Å². The van der Waals surface area contributed by atoms with Crippen LogP contribution in [0.2, 0.25) is 0 Å². The summed E-state index contributed by atoms with van der Waals surface area (Å²) in [5, 5.41) is 0. The summed E-state index contributed by atoms with van der Waals surface area (Å²) in [5.74, 6) is 2.69. The molecule has 3 rings (SSSR count). The Kier molecular flexibility index (Phi) is 5.43. The number of piperidine rings is 1. The first-order valence-corrected chi connectivity index (χ1v) is 9.34. The van der Waals surface area contributed by atoms with Gasteiger partial charge in [-0.25, -0.2) is 0 Å². The zero-order valence-corrected chi connectivity index (χ0v) is 14.1. The summed E-state index contributed by atoms with van der Waals surface area (Å²) in [4.78, 5) is 14.8. The van der Waals surface area contributed by atoms with Crippen molar-refractivity contribution in [3.05, 3.63) is 11.3 Å². The molecule has 0 bridgehead atoms. The molecule has 124 valence electrons. The van der Waals surface area contributed by atoms with Gasteiger partial charge in [-0.3, -0.25) is 4.79 Å². The van der Waals surface area contributed by atoms with E-state index in [0.29, 0.717) is 17.7 Å². The molecule has 1 amide bonds. The maximum atomic E-state index is 12.6. The van der Waals surface area contributed by atoms with E-state index in [9.17, 15) is 4.79 Å². The van der Waals surface area contributed by atoms with Gasteiger partial charge in [-0.15, -0.1) is 0 Å². The van der Waals surface area contributed by atoms with E-state index < -0.39 is 0 Å². The number of rotatable bonds is 3. The second-order valence-corrected chi connectivity index (χ2v) is 7.29. The van der Waals surface area contributed by atoms with Crippen molar-refractivity contribution in [3.63, 3.8) is 0 Å². The average Bonchev–Trinajstić information content (AvgIpc) is 2.62. The van der Waals surface area contributed by atoms with Gasteiger partial charge in [0.15, 0.2) is 0 Å². The maximum Gasteiger partial charge on any atom is 0.225 e. The van der Waals surface area contributed by atoms with Crippen LogP contribution in [0.1, 0.15) is 70.6 Å². The Balaban J connectivity index is 1.55. The summed E-state index contributed by atoms with van der Waals surface area (Å²) < 4.78 is 5.63. The van der Waals surface area contributed by atoms with E-state index in [0.717, 1.165) is 45.2 Å². The van der Waals surface area contributed by atoms with Gasteiger partial charge in [0, 0.05) is 25.4 Å². The third kappa shape index (κ3) is 3.49. The third-order valence-corrected chi connectivity index (χ3v) is 5.96. The summed E-state index contributed by atoms with van der Waals surface area (Å²) in [6, 6.07) is 0. The van der Waals surface area contributed by atoms with Gasteiger partial charge in [0.2, 0.25) is 5.91 Å². The molecule has 0 N–H and O–H groups in total. The summed E-state index contributed by atoms with van der Waals surface area (Å²) in [6.45, 7) is 1.92. The van der Waals surface area contributed by atoms with Gasteiger partial charge in [-0.2, -0.15) is 0 Å². The molecule has 0 aromatic carbocycles. The zero-order chi connectivity index (χ0) is 15.4. The highest BCUT2D eigenvalue weighted by Gasteiger charge is 2.31. The summed E-state index contributed by atoms with van der Waals surface area (Å²) in [6.07, 6.45) is 13.2. The van der Waals surface area contributed by atoms with Crippen LogP contribution in [0.25, 0.3) is 0 Å². The van der Waals surface area contributed by atoms with E-state index in [-0.39, 0.29) is 0 Å². The molecule has 2 fully saturated rings. The number of carbonyl (C=O) groups excluding carboxylic acids is 1. The van der Waals surface area contributed by atoms with Crippen molar-refractivity contribution in [3.8, 4) is 0 Å². The number of ether oxygens (including phenoxy) is 1. The first-order chi connectivity index (χ1) is 10.8. The van der Waals surface area contributed by atoms with E-state index in [2.05, 4.69) is 4.90 Å². The lowest BCUT2D eigenvalue weighted by Gasteiger charge is -2.37. The van der Waals surface area contributed by atoms with Gasteiger partial charge in [-0.1, -0.05) is 19.3 Å². The van der Waals surface area contributed by atoms with Gasteiger partial charge in [0.25, 0.3) is 0 Å². The largest absolute Gasteiger partial charge is 0.501 e. The topological polar surface area (TPSA) is 29.5 Å². The minimum absolute atomic E-state index is 0.328. The van der Waals surface area contributed by atoms with Crippen molar-refractivity contribution in [2.45, 2.75) is 70.6 Å². The number of carbonyl (C=O) groups is 1. The van der Waals surface area contributed by atoms with Crippen molar-refractivity contribution in [2.75, 3.05) is 20.2 Å². The Morgan fingerprint density at radius 2 is 1.64 bits per heavy atom. The molecular weight excluding hydrogens is 274 g/mol. The van der Waals surface area contributed by atoms with Crippen LogP contribution >= 0.6 is 0 Å². The van der Waals surface area contributed by atoms with E-state index in [1.54, 1.807) is 5.57 Å². The maximum absolute atomic E-state index is 12.6. The quantitative estimate of drug-likeness (QED) is 0.779. The van der Waals surface area contributed by atoms with Crippen molar-refractivity contribution < 1.29 is 9.53 Å². The first-order valence-electron chi connectivity index (χ1n) is 9.34. The molecule has 1 heterocycles. The monoisotopic (exact) mass is 305 g/mol. The van der Waals surface area contributed by atoms with Gasteiger partial charge in [0.05, 0.1) is 12.9 Å². The smallest absolute Gasteiger partial charge is 0.225 e. The van der Waals surface area contributed by atoms with E-state index in [4.69, 9.17) is 4.74 Å². The molecule has 0 unspecified atom stereocenters. The molecule has 0 aromatic rings. The number of methoxy groups -OCH3 is 1. The Morgan fingerprint density at radius 1 is 0.955 bits per heavy atom. The second-order valence-electron chi connectivity index (χ2n) is 7.29. The van der Waals surface area contributed by atoms with Gasteiger partial charge >= 0.3 is 0 Å². The van der Waals surface area contributed by atoms with Crippen LogP contribution in [0, 0.1) is 11.8 Å². The van der Waals surface area contributed by atoms with Crippen LogP contribution in [0.4, 0.5) is 0 Å². The molecule has 3 heteroatoms. The standard InChI is InChI=1S/C19H31NO2/c1-22-18-10-6-5-9-17(18)15-11-13-20(14-12-15)19(21)16-7-3-2-4-8-16/h15-16H,2-14H2,1H3. The third-order valence-electron chi connectivity index (χ3n) is 5.96. The van der Waals surface area contributed by atoms with Crippen LogP contribution in [0.3, 0.4) is 0 Å². The molecule has 2 aliphatic carbocycles. The van der Waals surface area contributed by atoms with Gasteiger partial charge in [-0.05, 0) is 56.4 Å². The highest BCUT2D eigenvalue weighted by Crippen LogP contribution is 2.36. The molecule has 0 atom stereocenters. The molecule has 22 heavy (non-hydrogen) atoms. The van der Waals surface area contributed by atoms with Crippen molar-refractivity contribution in [1.29, 1.82) is 0 Å². The summed E-state index contributed by atoms with van der Waals surface area (Å²) in [5.41, 5.74) is 1.57. The van der Waals surface area contributed by atoms with Crippen molar-refractivity contribution >= 4 is 5.91 Å². The predicted molar refractivity (Wildman–Crippen MR) is 88.4 cm³/mol. The zero-order valence-electron chi connectivity index (χ0n) is 14.1. The highest BCUT2D eigenvalue weighted by molar-refractivity contribution is 5.79. The molecular formula is C19H31NO2. The SMILES string of the molecule is COC1=C(C2CCN(C(=O)C3CCCCC3)CC2)CCCC1. The molecule has 1 saturated heterocycles. The number of hydrogen-bond acceptors (Lipinski definition) is 2. The molecule has 0 aromatic heterocycles. The molecule has 1 saturated carbocycles. The number of amides is 1. The fourth-order valence-electron chi connectivity index (χ4n) is 4.62. The summed E-state index contributed by atoms with van der Waals surface area (Å²) in [7, 11) is 1.82. The molecule has 3 nitrogen and oxygen atoms in total. The van der Waals surface area contributed by atoms with E-state index in [1.165, 1.54) is 44.3 Å². The van der Waals surface area contributed by atoms with Gasteiger partial charge < -0.3 is 9.64 Å². The lowest BCUT2D eigenvalue weighted by atomic mass is 9.81. The minimum atomic E-state index is 0.328. The highest BCUT2D eigenvalue weighted by atomic mass is 16.5. The minimum Gasteiger partial charge on any atom is -0.501 e. The fraction of sp³-hybridized carbons (Fsp3) is 0.842.